The van der Waals surface area contributed by atoms with Crippen LogP contribution in [0.3, 0.4) is 0 Å². The van der Waals surface area contributed by atoms with Crippen LogP contribution in [0, 0.1) is 23.3 Å². The van der Waals surface area contributed by atoms with E-state index in [9.17, 15) is 17.6 Å². The number of rotatable bonds is 15. The smallest absolute Gasteiger partial charge is 0.282 e. The highest BCUT2D eigenvalue weighted by Gasteiger charge is 2.30. The molecule has 0 spiro atoms. The number of methoxy groups -OCH3 is 2. The van der Waals surface area contributed by atoms with Gasteiger partial charge in [0.05, 0.1) is 6.61 Å². The lowest BCUT2D eigenvalue weighted by molar-refractivity contribution is -0.365. The molecule has 0 aromatic heterocycles. The molecule has 0 bridgehead atoms. The number of benzene rings is 1. The lowest BCUT2D eigenvalue weighted by Gasteiger charge is -2.30. The Kier molecular flexibility index (Phi) is 11.6. The number of hydrogen-bond acceptors (Lipinski definition) is 3. The van der Waals surface area contributed by atoms with Gasteiger partial charge in [-0.3, -0.25) is 0 Å². The average molecular weight is 408 g/mol. The van der Waals surface area contributed by atoms with Crippen molar-refractivity contribution in [3.63, 3.8) is 0 Å². The molecule has 1 rings (SSSR count). The van der Waals surface area contributed by atoms with Gasteiger partial charge in [0.1, 0.15) is 0 Å². The summed E-state index contributed by atoms with van der Waals surface area (Å²) in [5.41, 5.74) is -0.229. The first-order valence-electron chi connectivity index (χ1n) is 9.97. The summed E-state index contributed by atoms with van der Waals surface area (Å²) in [5.74, 6) is -7.56. The van der Waals surface area contributed by atoms with Crippen LogP contribution in [0.4, 0.5) is 17.6 Å². The van der Waals surface area contributed by atoms with Crippen LogP contribution in [0.25, 0.3) is 0 Å². The first-order valence-corrected chi connectivity index (χ1v) is 9.97. The topological polar surface area (TPSA) is 27.7 Å². The van der Waals surface area contributed by atoms with E-state index in [4.69, 9.17) is 14.2 Å². The van der Waals surface area contributed by atoms with Crippen molar-refractivity contribution in [3.8, 4) is 0 Å². The number of halogens is 4. The molecular weight excluding hydrogens is 376 g/mol. The third-order valence-corrected chi connectivity index (χ3v) is 4.80. The highest BCUT2D eigenvalue weighted by atomic mass is 19.2. The van der Waals surface area contributed by atoms with Gasteiger partial charge in [-0.2, -0.15) is 0 Å². The Labute approximate surface area is 165 Å². The van der Waals surface area contributed by atoms with Gasteiger partial charge in [0.15, 0.2) is 23.3 Å². The van der Waals surface area contributed by atoms with E-state index in [2.05, 4.69) is 6.92 Å². The maximum atomic E-state index is 13.7. The van der Waals surface area contributed by atoms with Crippen molar-refractivity contribution in [1.29, 1.82) is 0 Å². The predicted molar refractivity (Wildman–Crippen MR) is 99.9 cm³/mol. The number of ether oxygens (including phenoxy) is 3. The molecule has 0 aliphatic heterocycles. The van der Waals surface area contributed by atoms with Gasteiger partial charge in [-0.1, -0.05) is 45.4 Å². The zero-order valence-electron chi connectivity index (χ0n) is 17.1. The molecule has 0 amide bonds. The van der Waals surface area contributed by atoms with Gasteiger partial charge in [-0.05, 0) is 30.9 Å². The summed E-state index contributed by atoms with van der Waals surface area (Å²) in [4.78, 5) is 0. The van der Waals surface area contributed by atoms with Gasteiger partial charge >= 0.3 is 0 Å². The molecule has 162 valence electrons. The quantitative estimate of drug-likeness (QED) is 0.112. The van der Waals surface area contributed by atoms with E-state index >= 15 is 0 Å². The van der Waals surface area contributed by atoms with Crippen molar-refractivity contribution in [2.45, 2.75) is 77.1 Å². The zero-order valence-corrected chi connectivity index (χ0v) is 17.1. The van der Waals surface area contributed by atoms with Crippen LogP contribution in [-0.2, 0) is 20.6 Å². The molecule has 1 aromatic rings. The van der Waals surface area contributed by atoms with E-state index in [-0.39, 0.29) is 25.0 Å². The minimum Gasteiger partial charge on any atom is -0.331 e. The van der Waals surface area contributed by atoms with Gasteiger partial charge < -0.3 is 14.2 Å². The van der Waals surface area contributed by atoms with E-state index in [1.54, 1.807) is 0 Å². The van der Waals surface area contributed by atoms with Gasteiger partial charge in [-0.25, -0.2) is 17.6 Å². The number of unbranched alkanes of at least 4 members (excludes halogenated alkanes) is 6. The van der Waals surface area contributed by atoms with Crippen molar-refractivity contribution in [1.82, 2.24) is 0 Å². The van der Waals surface area contributed by atoms with Crippen LogP contribution in [0.1, 0.15) is 70.3 Å². The van der Waals surface area contributed by atoms with Crippen LogP contribution in [-0.4, -0.2) is 26.8 Å². The monoisotopic (exact) mass is 408 g/mol. The van der Waals surface area contributed by atoms with Crippen LogP contribution in [0.2, 0.25) is 0 Å². The fourth-order valence-corrected chi connectivity index (χ4v) is 3.07. The van der Waals surface area contributed by atoms with Gasteiger partial charge in [0, 0.05) is 20.6 Å². The zero-order chi connectivity index (χ0) is 21.0. The summed E-state index contributed by atoms with van der Waals surface area (Å²) in [6, 6.07) is 0.673. The van der Waals surface area contributed by atoms with Crippen molar-refractivity contribution in [3.05, 3.63) is 34.9 Å². The Morgan fingerprint density at radius 1 is 0.786 bits per heavy atom. The molecule has 1 aromatic carbocycles. The summed E-state index contributed by atoms with van der Waals surface area (Å²) < 4.78 is 69.6. The number of aryl methyl sites for hydroxylation is 1. The fourth-order valence-electron chi connectivity index (χ4n) is 3.07. The van der Waals surface area contributed by atoms with Crippen LogP contribution >= 0.6 is 0 Å². The highest BCUT2D eigenvalue weighted by molar-refractivity contribution is 5.21. The Bertz CT molecular complexity index is 577. The molecule has 0 fully saturated rings. The Hall–Kier alpha value is -1.18. The maximum absolute atomic E-state index is 13.7. The van der Waals surface area contributed by atoms with Crippen LogP contribution in [0.5, 0.6) is 0 Å². The van der Waals surface area contributed by atoms with E-state index in [0.29, 0.717) is 12.5 Å². The van der Waals surface area contributed by atoms with Crippen LogP contribution in [0.15, 0.2) is 6.07 Å². The van der Waals surface area contributed by atoms with Crippen molar-refractivity contribution < 1.29 is 31.8 Å². The minimum absolute atomic E-state index is 0.000883. The summed E-state index contributed by atoms with van der Waals surface area (Å²) in [6.45, 7) is 2.32. The number of hydrogen-bond donors (Lipinski definition) is 0. The molecule has 3 nitrogen and oxygen atoms in total. The van der Waals surface area contributed by atoms with Gasteiger partial charge in [0.25, 0.3) is 5.97 Å². The Morgan fingerprint density at radius 3 is 2.00 bits per heavy atom. The molecule has 0 saturated carbocycles. The van der Waals surface area contributed by atoms with Gasteiger partial charge in [0.2, 0.25) is 0 Å². The largest absolute Gasteiger partial charge is 0.331 e. The van der Waals surface area contributed by atoms with Crippen molar-refractivity contribution in [2.75, 3.05) is 20.8 Å². The molecule has 0 heterocycles. The molecule has 0 aliphatic carbocycles. The minimum atomic E-state index is -1.80. The maximum Gasteiger partial charge on any atom is 0.282 e. The van der Waals surface area contributed by atoms with Crippen molar-refractivity contribution >= 4 is 0 Å². The molecule has 0 atom stereocenters. The fraction of sp³-hybridized carbons (Fsp3) is 0.714. The molecule has 28 heavy (non-hydrogen) atoms. The average Bonchev–Trinajstić information content (AvgIpc) is 2.71. The third-order valence-electron chi connectivity index (χ3n) is 4.80. The normalized spacial score (nSPS) is 12.0. The summed E-state index contributed by atoms with van der Waals surface area (Å²) in [5, 5.41) is 0. The second kappa shape index (κ2) is 13.1. The first-order chi connectivity index (χ1) is 13.4. The van der Waals surface area contributed by atoms with E-state index < -0.39 is 29.2 Å². The van der Waals surface area contributed by atoms with Crippen LogP contribution < -0.4 is 0 Å². The predicted octanol–water partition coefficient (Wildman–Crippen LogP) is 6.28. The molecule has 0 N–H and O–H groups in total. The first kappa shape index (κ1) is 24.9. The molecule has 0 aliphatic rings. The van der Waals surface area contributed by atoms with Gasteiger partial charge in [-0.15, -0.1) is 0 Å². The van der Waals surface area contributed by atoms with Crippen molar-refractivity contribution in [2.24, 2.45) is 0 Å². The van der Waals surface area contributed by atoms with E-state index in [1.165, 1.54) is 39.9 Å². The SMILES string of the molecule is CCCCCCCCCC(OC)(OC)OCCCc1cc(F)c(F)c(F)c1F. The summed E-state index contributed by atoms with van der Waals surface area (Å²) >= 11 is 0. The third kappa shape index (κ3) is 7.68. The lowest BCUT2D eigenvalue weighted by atomic mass is 10.1. The second-order valence-corrected chi connectivity index (χ2v) is 6.87. The molecule has 0 saturated heterocycles. The van der Waals surface area contributed by atoms with E-state index in [0.717, 1.165) is 19.3 Å². The summed E-state index contributed by atoms with van der Waals surface area (Å²) in [6.07, 6.45) is 8.79. The Balaban J connectivity index is 2.42. The highest BCUT2D eigenvalue weighted by Crippen LogP contribution is 2.24. The molecule has 0 radical (unpaired) electrons. The van der Waals surface area contributed by atoms with E-state index in [1.807, 2.05) is 0 Å². The molecular formula is C21H32F4O3. The molecule has 0 unspecified atom stereocenters. The standard InChI is InChI=1S/C21H32F4O3/c1-4-5-6-7-8-9-10-13-21(26-2,27-3)28-14-11-12-16-15-17(22)19(24)20(25)18(16)23/h15H,4-14H2,1-3H3. The lowest BCUT2D eigenvalue weighted by Crippen LogP contribution is -2.37. The molecule has 7 heteroatoms. The Morgan fingerprint density at radius 2 is 1.39 bits per heavy atom. The second-order valence-electron chi connectivity index (χ2n) is 6.87. The summed E-state index contributed by atoms with van der Waals surface area (Å²) in [7, 11) is 2.96.